The van der Waals surface area contributed by atoms with Crippen LogP contribution in [0.5, 0.6) is 0 Å². The second kappa shape index (κ2) is 5.58. The van der Waals surface area contributed by atoms with E-state index in [2.05, 4.69) is 19.2 Å². The quantitative estimate of drug-likeness (QED) is 0.682. The zero-order chi connectivity index (χ0) is 8.81. The molecular formula is C11H23N. The predicted molar refractivity (Wildman–Crippen MR) is 54.4 cm³/mol. The first-order chi connectivity index (χ1) is 5.86. The Morgan fingerprint density at radius 3 is 1.92 bits per heavy atom. The van der Waals surface area contributed by atoms with Gasteiger partial charge in [-0.2, -0.15) is 0 Å². The van der Waals surface area contributed by atoms with E-state index in [9.17, 15) is 0 Å². The van der Waals surface area contributed by atoms with Crippen molar-refractivity contribution < 1.29 is 0 Å². The van der Waals surface area contributed by atoms with E-state index >= 15 is 0 Å². The number of nitrogens with one attached hydrogen (secondary N) is 1. The van der Waals surface area contributed by atoms with Crippen molar-refractivity contribution >= 4 is 0 Å². The molecule has 0 aromatic carbocycles. The van der Waals surface area contributed by atoms with Gasteiger partial charge in [0, 0.05) is 12.1 Å². The molecule has 1 saturated heterocycles. The van der Waals surface area contributed by atoms with Gasteiger partial charge >= 0.3 is 0 Å². The van der Waals surface area contributed by atoms with E-state index in [-0.39, 0.29) is 0 Å². The van der Waals surface area contributed by atoms with Gasteiger partial charge < -0.3 is 5.32 Å². The topological polar surface area (TPSA) is 12.0 Å². The van der Waals surface area contributed by atoms with Crippen molar-refractivity contribution in [1.29, 1.82) is 0 Å². The van der Waals surface area contributed by atoms with Crippen LogP contribution in [0, 0.1) is 0 Å². The largest absolute Gasteiger partial charge is 0.311 e. The Hall–Kier alpha value is -0.0400. The predicted octanol–water partition coefficient (Wildman–Crippen LogP) is 3.10. The fourth-order valence-electron chi connectivity index (χ4n) is 2.26. The Morgan fingerprint density at radius 2 is 1.50 bits per heavy atom. The van der Waals surface area contributed by atoms with Crippen LogP contribution in [0.25, 0.3) is 0 Å². The summed E-state index contributed by atoms with van der Waals surface area (Å²) in [7, 11) is 0. The minimum atomic E-state index is 0.834. The number of hydrogen-bond acceptors (Lipinski definition) is 1. The lowest BCUT2D eigenvalue weighted by atomic mass is 9.93. The average Bonchev–Trinajstić information content (AvgIpc) is 2.06. The van der Waals surface area contributed by atoms with Crippen molar-refractivity contribution in [1.82, 2.24) is 5.32 Å². The maximum Gasteiger partial charge on any atom is 0.00695 e. The van der Waals surface area contributed by atoms with Crippen molar-refractivity contribution in [3.8, 4) is 0 Å². The van der Waals surface area contributed by atoms with Crippen LogP contribution < -0.4 is 5.32 Å². The summed E-state index contributed by atoms with van der Waals surface area (Å²) in [5.41, 5.74) is 0. The molecule has 0 aromatic rings. The molecule has 0 radical (unpaired) electrons. The van der Waals surface area contributed by atoms with E-state index in [1.54, 1.807) is 0 Å². The van der Waals surface area contributed by atoms with Gasteiger partial charge in [-0.1, -0.05) is 33.1 Å². The van der Waals surface area contributed by atoms with Gasteiger partial charge in [-0.25, -0.2) is 0 Å². The Bertz CT molecular complexity index is 95.6. The summed E-state index contributed by atoms with van der Waals surface area (Å²) < 4.78 is 0. The summed E-state index contributed by atoms with van der Waals surface area (Å²) in [5.74, 6) is 0. The maximum absolute atomic E-state index is 3.76. The molecule has 1 N–H and O–H groups in total. The van der Waals surface area contributed by atoms with Gasteiger partial charge in [0.1, 0.15) is 0 Å². The SMILES string of the molecule is CCC[C@@H]1CCC[C@H](CCC)N1. The van der Waals surface area contributed by atoms with Crippen LogP contribution in [0.3, 0.4) is 0 Å². The molecule has 1 heterocycles. The zero-order valence-corrected chi connectivity index (χ0v) is 8.60. The number of hydrogen-bond donors (Lipinski definition) is 1. The van der Waals surface area contributed by atoms with Gasteiger partial charge in [0.05, 0.1) is 0 Å². The number of rotatable bonds is 4. The van der Waals surface area contributed by atoms with Crippen molar-refractivity contribution in [3.05, 3.63) is 0 Å². The fraction of sp³-hybridized carbons (Fsp3) is 1.00. The molecule has 0 aromatic heterocycles. The standard InChI is InChI=1S/C11H23N/c1-3-6-10-8-5-9-11(12-10)7-4-2/h10-12H,3-9H2,1-2H3/t10-,11+. The monoisotopic (exact) mass is 169 g/mol. The van der Waals surface area contributed by atoms with Crippen LogP contribution in [0.1, 0.15) is 58.8 Å². The molecule has 1 aliphatic rings. The molecule has 1 aliphatic heterocycles. The molecule has 0 amide bonds. The minimum absolute atomic E-state index is 0.834. The summed E-state index contributed by atoms with van der Waals surface area (Å²) in [6.45, 7) is 4.57. The molecule has 0 bridgehead atoms. The van der Waals surface area contributed by atoms with Gasteiger partial charge in [-0.15, -0.1) is 0 Å². The highest BCUT2D eigenvalue weighted by molar-refractivity contribution is 4.79. The highest BCUT2D eigenvalue weighted by Gasteiger charge is 2.18. The lowest BCUT2D eigenvalue weighted by molar-refractivity contribution is 0.294. The van der Waals surface area contributed by atoms with Crippen LogP contribution in [0.4, 0.5) is 0 Å². The highest BCUT2D eigenvalue weighted by atomic mass is 15.0. The lowest BCUT2D eigenvalue weighted by Gasteiger charge is -2.30. The first-order valence-electron chi connectivity index (χ1n) is 5.62. The molecule has 1 nitrogen and oxygen atoms in total. The Labute approximate surface area is 76.9 Å². The van der Waals surface area contributed by atoms with Gasteiger partial charge in [0.15, 0.2) is 0 Å². The summed E-state index contributed by atoms with van der Waals surface area (Å²) in [5, 5.41) is 3.76. The van der Waals surface area contributed by atoms with Crippen LogP contribution in [0.2, 0.25) is 0 Å². The molecule has 1 heteroatoms. The van der Waals surface area contributed by atoms with Gasteiger partial charge in [0.2, 0.25) is 0 Å². The van der Waals surface area contributed by atoms with Crippen molar-refractivity contribution in [2.45, 2.75) is 70.9 Å². The normalized spacial score (nSPS) is 30.5. The molecule has 2 atom stereocenters. The molecular weight excluding hydrogens is 146 g/mol. The molecule has 0 saturated carbocycles. The number of piperidine rings is 1. The third kappa shape index (κ3) is 3.14. The van der Waals surface area contributed by atoms with Crippen LogP contribution in [-0.4, -0.2) is 12.1 Å². The molecule has 12 heavy (non-hydrogen) atoms. The molecule has 0 aliphatic carbocycles. The summed E-state index contributed by atoms with van der Waals surface area (Å²) in [6.07, 6.45) is 9.68. The Balaban J connectivity index is 2.20. The van der Waals surface area contributed by atoms with Gasteiger partial charge in [0.25, 0.3) is 0 Å². The Morgan fingerprint density at radius 1 is 1.00 bits per heavy atom. The van der Waals surface area contributed by atoms with Crippen LogP contribution in [-0.2, 0) is 0 Å². The second-order valence-electron chi connectivity index (χ2n) is 4.07. The average molecular weight is 169 g/mol. The van der Waals surface area contributed by atoms with Crippen molar-refractivity contribution in [2.75, 3.05) is 0 Å². The molecule has 0 unspecified atom stereocenters. The highest BCUT2D eigenvalue weighted by Crippen LogP contribution is 2.18. The first kappa shape index (κ1) is 10.0. The molecule has 0 spiro atoms. The molecule has 72 valence electrons. The van der Waals surface area contributed by atoms with Gasteiger partial charge in [-0.05, 0) is 25.7 Å². The fourth-order valence-corrected chi connectivity index (χ4v) is 2.26. The zero-order valence-electron chi connectivity index (χ0n) is 8.60. The summed E-state index contributed by atoms with van der Waals surface area (Å²) >= 11 is 0. The van der Waals surface area contributed by atoms with E-state index in [0.29, 0.717) is 0 Å². The van der Waals surface area contributed by atoms with Crippen LogP contribution >= 0.6 is 0 Å². The maximum atomic E-state index is 3.76. The van der Waals surface area contributed by atoms with E-state index in [1.165, 1.54) is 44.9 Å². The Kier molecular flexibility index (Phi) is 4.67. The molecule has 1 fully saturated rings. The second-order valence-corrected chi connectivity index (χ2v) is 4.07. The lowest BCUT2D eigenvalue weighted by Crippen LogP contribution is -2.41. The third-order valence-electron chi connectivity index (χ3n) is 2.85. The van der Waals surface area contributed by atoms with E-state index in [0.717, 1.165) is 12.1 Å². The first-order valence-corrected chi connectivity index (χ1v) is 5.62. The van der Waals surface area contributed by atoms with Gasteiger partial charge in [-0.3, -0.25) is 0 Å². The van der Waals surface area contributed by atoms with E-state index in [1.807, 2.05) is 0 Å². The van der Waals surface area contributed by atoms with E-state index < -0.39 is 0 Å². The summed E-state index contributed by atoms with van der Waals surface area (Å²) in [4.78, 5) is 0. The third-order valence-corrected chi connectivity index (χ3v) is 2.85. The molecule has 1 rings (SSSR count). The van der Waals surface area contributed by atoms with Crippen molar-refractivity contribution in [2.24, 2.45) is 0 Å². The smallest absolute Gasteiger partial charge is 0.00695 e. The van der Waals surface area contributed by atoms with Crippen molar-refractivity contribution in [3.63, 3.8) is 0 Å². The van der Waals surface area contributed by atoms with Crippen LogP contribution in [0.15, 0.2) is 0 Å². The minimum Gasteiger partial charge on any atom is -0.311 e. The summed E-state index contributed by atoms with van der Waals surface area (Å²) in [6, 6.07) is 1.67. The van der Waals surface area contributed by atoms with E-state index in [4.69, 9.17) is 0 Å².